The quantitative estimate of drug-likeness (QED) is 0.578. The number of aromatic nitrogens is 1. The van der Waals surface area contributed by atoms with Gasteiger partial charge >= 0.3 is 0 Å². The van der Waals surface area contributed by atoms with E-state index in [0.29, 0.717) is 0 Å². The third-order valence-corrected chi connectivity index (χ3v) is 5.40. The zero-order chi connectivity index (χ0) is 16.8. The Morgan fingerprint density at radius 1 is 1.29 bits per heavy atom. The molecular formula is C20H23N3S. The lowest BCUT2D eigenvalue weighted by molar-refractivity contribution is 0.243. The molecule has 1 aromatic heterocycles. The second-order valence-electron chi connectivity index (χ2n) is 6.21. The molecule has 0 radical (unpaired) electrons. The maximum atomic E-state index is 9.46. The topological polar surface area (TPSA) is 39.9 Å². The first-order chi connectivity index (χ1) is 11.8. The molecule has 0 spiro atoms. The van der Waals surface area contributed by atoms with Crippen molar-refractivity contribution in [2.45, 2.75) is 44.3 Å². The van der Waals surface area contributed by atoms with Gasteiger partial charge in [0.05, 0.1) is 5.56 Å². The van der Waals surface area contributed by atoms with Crippen LogP contribution >= 0.6 is 11.8 Å². The fourth-order valence-electron chi connectivity index (χ4n) is 2.99. The van der Waals surface area contributed by atoms with Gasteiger partial charge in [0.25, 0.3) is 0 Å². The Morgan fingerprint density at radius 3 is 2.88 bits per heavy atom. The second kappa shape index (κ2) is 8.32. The van der Waals surface area contributed by atoms with Gasteiger partial charge in [-0.25, -0.2) is 4.98 Å². The number of nitriles is 1. The summed E-state index contributed by atoms with van der Waals surface area (Å²) in [7, 11) is 0. The number of pyridine rings is 1. The molecule has 124 valence electrons. The molecule has 4 heteroatoms. The smallest absolute Gasteiger partial charge is 0.114 e. The van der Waals surface area contributed by atoms with Gasteiger partial charge in [-0.1, -0.05) is 43.7 Å². The zero-order valence-corrected chi connectivity index (χ0v) is 15.0. The Hall–Kier alpha value is -1.83. The fourth-order valence-corrected chi connectivity index (χ4v) is 4.05. The molecule has 0 saturated carbocycles. The normalized spacial score (nSPS) is 14.2. The minimum atomic E-state index is 0.733. The summed E-state index contributed by atoms with van der Waals surface area (Å²) >= 11 is 1.73. The molecule has 1 aliphatic heterocycles. The van der Waals surface area contributed by atoms with Crippen LogP contribution in [0.15, 0.2) is 41.4 Å². The SMILES string of the molecule is CCCCSc1nc2c(cc1C#N)CN(Cc1ccccc1)CC2. The Morgan fingerprint density at radius 2 is 2.12 bits per heavy atom. The largest absolute Gasteiger partial charge is 0.294 e. The summed E-state index contributed by atoms with van der Waals surface area (Å²) in [5.41, 5.74) is 4.46. The standard InChI is InChI=1S/C20H23N3S/c1-2-3-11-24-20-17(13-21)12-18-15-23(10-9-19(18)22-20)14-16-7-5-4-6-8-16/h4-8,12H,2-3,9-11,14-15H2,1H3. The summed E-state index contributed by atoms with van der Waals surface area (Å²) in [4.78, 5) is 7.25. The molecule has 2 aromatic rings. The van der Waals surface area contributed by atoms with Crippen LogP contribution in [0, 0.1) is 11.3 Å². The Labute approximate surface area is 148 Å². The first kappa shape index (κ1) is 17.0. The summed E-state index contributed by atoms with van der Waals surface area (Å²) in [6.45, 7) is 5.05. The second-order valence-corrected chi connectivity index (χ2v) is 7.29. The Balaban J connectivity index is 1.73. The Kier molecular flexibility index (Phi) is 5.90. The molecule has 0 amide bonds. The van der Waals surface area contributed by atoms with Crippen molar-refractivity contribution >= 4 is 11.8 Å². The van der Waals surface area contributed by atoms with E-state index < -0.39 is 0 Å². The van der Waals surface area contributed by atoms with Crippen molar-refractivity contribution < 1.29 is 0 Å². The van der Waals surface area contributed by atoms with Crippen LogP contribution < -0.4 is 0 Å². The van der Waals surface area contributed by atoms with E-state index in [4.69, 9.17) is 4.98 Å². The number of nitrogens with zero attached hydrogens (tertiary/aromatic N) is 3. The van der Waals surface area contributed by atoms with Crippen LogP contribution in [0.25, 0.3) is 0 Å². The van der Waals surface area contributed by atoms with Gasteiger partial charge in [-0.05, 0) is 29.4 Å². The molecule has 0 atom stereocenters. The van der Waals surface area contributed by atoms with E-state index in [-0.39, 0.29) is 0 Å². The van der Waals surface area contributed by atoms with Crippen LogP contribution in [0.4, 0.5) is 0 Å². The molecule has 3 rings (SSSR count). The van der Waals surface area contributed by atoms with E-state index in [1.807, 2.05) is 0 Å². The molecule has 1 aliphatic rings. The van der Waals surface area contributed by atoms with E-state index in [1.165, 1.54) is 29.7 Å². The molecule has 0 fully saturated rings. The van der Waals surface area contributed by atoms with Crippen molar-refractivity contribution in [1.29, 1.82) is 5.26 Å². The van der Waals surface area contributed by atoms with Crippen LogP contribution in [0.3, 0.4) is 0 Å². The van der Waals surface area contributed by atoms with Crippen LogP contribution in [-0.4, -0.2) is 22.2 Å². The van der Waals surface area contributed by atoms with Crippen molar-refractivity contribution in [2.24, 2.45) is 0 Å². The summed E-state index contributed by atoms with van der Waals surface area (Å²) in [6.07, 6.45) is 3.31. The molecule has 0 unspecified atom stereocenters. The molecule has 0 N–H and O–H groups in total. The van der Waals surface area contributed by atoms with E-state index in [9.17, 15) is 5.26 Å². The number of benzene rings is 1. The summed E-state index contributed by atoms with van der Waals surface area (Å²) in [5, 5.41) is 10.4. The predicted octanol–water partition coefficient (Wildman–Crippen LogP) is 4.40. The highest BCUT2D eigenvalue weighted by molar-refractivity contribution is 7.99. The first-order valence-corrected chi connectivity index (χ1v) is 9.60. The maximum Gasteiger partial charge on any atom is 0.114 e. The van der Waals surface area contributed by atoms with Gasteiger partial charge in [0, 0.05) is 31.7 Å². The average Bonchev–Trinajstić information content (AvgIpc) is 2.62. The highest BCUT2D eigenvalue weighted by Crippen LogP contribution is 2.27. The fraction of sp³-hybridized carbons (Fsp3) is 0.400. The average molecular weight is 337 g/mol. The van der Waals surface area contributed by atoms with Crippen LogP contribution in [0.1, 0.15) is 42.1 Å². The third kappa shape index (κ3) is 4.17. The minimum Gasteiger partial charge on any atom is -0.294 e. The van der Waals surface area contributed by atoms with Gasteiger partial charge in [0.15, 0.2) is 0 Å². The number of fused-ring (bicyclic) bond motifs is 1. The monoisotopic (exact) mass is 337 g/mol. The van der Waals surface area contributed by atoms with E-state index in [0.717, 1.165) is 42.4 Å². The van der Waals surface area contributed by atoms with Crippen molar-refractivity contribution in [2.75, 3.05) is 12.3 Å². The molecule has 2 heterocycles. The molecular weight excluding hydrogens is 314 g/mol. The number of thioether (sulfide) groups is 1. The van der Waals surface area contributed by atoms with Gasteiger partial charge in [-0.3, -0.25) is 4.90 Å². The van der Waals surface area contributed by atoms with Gasteiger partial charge < -0.3 is 0 Å². The number of rotatable bonds is 6. The lowest BCUT2D eigenvalue weighted by Crippen LogP contribution is -2.30. The lowest BCUT2D eigenvalue weighted by Gasteiger charge is -2.28. The van der Waals surface area contributed by atoms with Crippen LogP contribution in [0.5, 0.6) is 0 Å². The van der Waals surface area contributed by atoms with Crippen LogP contribution in [0.2, 0.25) is 0 Å². The predicted molar refractivity (Wildman–Crippen MR) is 98.8 cm³/mol. The van der Waals surface area contributed by atoms with Gasteiger partial charge in [-0.2, -0.15) is 5.26 Å². The van der Waals surface area contributed by atoms with Crippen molar-refractivity contribution in [1.82, 2.24) is 9.88 Å². The molecule has 0 saturated heterocycles. The maximum absolute atomic E-state index is 9.46. The van der Waals surface area contributed by atoms with E-state index in [1.54, 1.807) is 11.8 Å². The molecule has 24 heavy (non-hydrogen) atoms. The van der Waals surface area contributed by atoms with Crippen molar-refractivity contribution in [3.05, 3.63) is 58.8 Å². The highest BCUT2D eigenvalue weighted by atomic mass is 32.2. The first-order valence-electron chi connectivity index (χ1n) is 8.62. The Bertz CT molecular complexity index is 722. The lowest BCUT2D eigenvalue weighted by atomic mass is 10.0. The summed E-state index contributed by atoms with van der Waals surface area (Å²) < 4.78 is 0. The van der Waals surface area contributed by atoms with E-state index >= 15 is 0 Å². The van der Waals surface area contributed by atoms with E-state index in [2.05, 4.69) is 54.3 Å². The molecule has 1 aromatic carbocycles. The molecule has 3 nitrogen and oxygen atoms in total. The number of unbranched alkanes of at least 4 members (excludes halogenated alkanes) is 1. The molecule has 0 bridgehead atoms. The summed E-state index contributed by atoms with van der Waals surface area (Å²) in [5.74, 6) is 1.04. The number of hydrogen-bond acceptors (Lipinski definition) is 4. The van der Waals surface area contributed by atoms with Crippen molar-refractivity contribution in [3.8, 4) is 6.07 Å². The van der Waals surface area contributed by atoms with Gasteiger partial charge in [0.2, 0.25) is 0 Å². The minimum absolute atomic E-state index is 0.733. The van der Waals surface area contributed by atoms with Crippen LogP contribution in [-0.2, 0) is 19.5 Å². The molecule has 0 aliphatic carbocycles. The van der Waals surface area contributed by atoms with Crippen molar-refractivity contribution in [3.63, 3.8) is 0 Å². The van der Waals surface area contributed by atoms with Gasteiger partial charge in [-0.15, -0.1) is 11.8 Å². The summed E-state index contributed by atoms with van der Waals surface area (Å²) in [6, 6.07) is 15.0. The third-order valence-electron chi connectivity index (χ3n) is 4.32. The number of hydrogen-bond donors (Lipinski definition) is 0. The zero-order valence-electron chi connectivity index (χ0n) is 14.2. The van der Waals surface area contributed by atoms with Gasteiger partial charge in [0.1, 0.15) is 11.1 Å². The highest BCUT2D eigenvalue weighted by Gasteiger charge is 2.20.